The molecule has 1 rings (SSSR count). The Morgan fingerprint density at radius 1 is 1.33 bits per heavy atom. The fraction of sp³-hybridized carbons (Fsp3) is 0.933. The highest BCUT2D eigenvalue weighted by Gasteiger charge is 2.23. The van der Waals surface area contributed by atoms with E-state index in [9.17, 15) is 4.79 Å². The van der Waals surface area contributed by atoms with Crippen LogP contribution in [0.1, 0.15) is 46.5 Å². The number of amides is 1. The molecule has 1 amide bonds. The lowest BCUT2D eigenvalue weighted by Crippen LogP contribution is -2.35. The molecule has 1 saturated heterocycles. The lowest BCUT2D eigenvalue weighted by atomic mass is 9.84. The fourth-order valence-corrected chi connectivity index (χ4v) is 2.71. The van der Waals surface area contributed by atoms with Crippen molar-refractivity contribution in [2.45, 2.75) is 46.5 Å². The van der Waals surface area contributed by atoms with Gasteiger partial charge in [0.2, 0.25) is 5.91 Å². The summed E-state index contributed by atoms with van der Waals surface area (Å²) in [6.07, 6.45) is 4.31. The molecule has 106 valence electrons. The number of carbonyl (C=O) groups is 1. The van der Waals surface area contributed by atoms with Gasteiger partial charge < -0.3 is 10.2 Å². The SMILES string of the molecule is CCC(C)CN(C)C(=O)CC(C)C1CCNCC1. The van der Waals surface area contributed by atoms with E-state index in [0.717, 1.165) is 38.4 Å². The van der Waals surface area contributed by atoms with Crippen LogP contribution in [0, 0.1) is 17.8 Å². The number of nitrogens with zero attached hydrogens (tertiary/aromatic N) is 1. The number of nitrogens with one attached hydrogen (secondary N) is 1. The van der Waals surface area contributed by atoms with Crippen molar-refractivity contribution in [2.24, 2.45) is 17.8 Å². The minimum Gasteiger partial charge on any atom is -0.345 e. The Morgan fingerprint density at radius 3 is 2.50 bits per heavy atom. The first-order valence-corrected chi connectivity index (χ1v) is 7.49. The molecule has 0 aliphatic carbocycles. The molecule has 1 aliphatic rings. The average molecular weight is 254 g/mol. The molecule has 0 bridgehead atoms. The number of hydrogen-bond acceptors (Lipinski definition) is 2. The number of carbonyl (C=O) groups excluding carboxylic acids is 1. The molecule has 0 radical (unpaired) electrons. The van der Waals surface area contributed by atoms with Gasteiger partial charge in [0.25, 0.3) is 0 Å². The maximum absolute atomic E-state index is 12.2. The highest BCUT2D eigenvalue weighted by atomic mass is 16.2. The Labute approximate surface area is 112 Å². The largest absolute Gasteiger partial charge is 0.345 e. The van der Waals surface area contributed by atoms with Gasteiger partial charge in [0, 0.05) is 20.0 Å². The molecule has 1 heterocycles. The molecule has 3 heteroatoms. The maximum Gasteiger partial charge on any atom is 0.222 e. The van der Waals surface area contributed by atoms with Crippen LogP contribution in [0.3, 0.4) is 0 Å². The predicted molar refractivity (Wildman–Crippen MR) is 76.5 cm³/mol. The third-order valence-corrected chi connectivity index (χ3v) is 4.39. The molecule has 0 aromatic carbocycles. The highest BCUT2D eigenvalue weighted by Crippen LogP contribution is 2.24. The summed E-state index contributed by atoms with van der Waals surface area (Å²) in [5.74, 6) is 2.18. The second kappa shape index (κ2) is 7.78. The molecule has 3 nitrogen and oxygen atoms in total. The summed E-state index contributed by atoms with van der Waals surface area (Å²) in [7, 11) is 1.95. The smallest absolute Gasteiger partial charge is 0.222 e. The second-order valence-electron chi connectivity index (χ2n) is 6.06. The molecule has 0 spiro atoms. The lowest BCUT2D eigenvalue weighted by molar-refractivity contribution is -0.131. The van der Waals surface area contributed by atoms with E-state index in [1.807, 2.05) is 11.9 Å². The van der Waals surface area contributed by atoms with Crippen molar-refractivity contribution in [1.29, 1.82) is 0 Å². The summed E-state index contributed by atoms with van der Waals surface area (Å²) in [5, 5.41) is 3.38. The van der Waals surface area contributed by atoms with Gasteiger partial charge in [0.05, 0.1) is 0 Å². The minimum atomic E-state index is 0.321. The van der Waals surface area contributed by atoms with E-state index < -0.39 is 0 Å². The summed E-state index contributed by atoms with van der Waals surface area (Å²) < 4.78 is 0. The number of hydrogen-bond donors (Lipinski definition) is 1. The number of rotatable bonds is 6. The zero-order valence-electron chi connectivity index (χ0n) is 12.5. The van der Waals surface area contributed by atoms with Crippen molar-refractivity contribution < 1.29 is 4.79 Å². The van der Waals surface area contributed by atoms with Crippen molar-refractivity contribution in [3.8, 4) is 0 Å². The Hall–Kier alpha value is -0.570. The van der Waals surface area contributed by atoms with E-state index >= 15 is 0 Å². The van der Waals surface area contributed by atoms with Crippen LogP contribution in [0.2, 0.25) is 0 Å². The van der Waals surface area contributed by atoms with E-state index in [1.165, 1.54) is 12.8 Å². The van der Waals surface area contributed by atoms with Gasteiger partial charge in [-0.15, -0.1) is 0 Å². The van der Waals surface area contributed by atoms with Crippen LogP contribution < -0.4 is 5.32 Å². The number of piperidine rings is 1. The van der Waals surface area contributed by atoms with Gasteiger partial charge in [-0.1, -0.05) is 27.2 Å². The molecular formula is C15H30N2O. The van der Waals surface area contributed by atoms with Crippen LogP contribution in [0.15, 0.2) is 0 Å². The Balaban J connectivity index is 2.33. The Kier molecular flexibility index (Phi) is 6.69. The van der Waals surface area contributed by atoms with Gasteiger partial charge in [0.1, 0.15) is 0 Å². The molecule has 1 aliphatic heterocycles. The fourth-order valence-electron chi connectivity index (χ4n) is 2.71. The van der Waals surface area contributed by atoms with Crippen molar-refractivity contribution in [3.05, 3.63) is 0 Å². The normalized spacial score (nSPS) is 20.4. The minimum absolute atomic E-state index is 0.321. The van der Waals surface area contributed by atoms with Crippen molar-refractivity contribution >= 4 is 5.91 Å². The molecule has 18 heavy (non-hydrogen) atoms. The summed E-state index contributed by atoms with van der Waals surface area (Å²) in [6.45, 7) is 9.76. The van der Waals surface area contributed by atoms with Gasteiger partial charge in [-0.3, -0.25) is 4.79 Å². The monoisotopic (exact) mass is 254 g/mol. The third kappa shape index (κ3) is 4.97. The zero-order chi connectivity index (χ0) is 13.5. The molecule has 0 saturated carbocycles. The summed E-state index contributed by atoms with van der Waals surface area (Å²) in [6, 6.07) is 0. The molecule has 0 aromatic heterocycles. The van der Waals surface area contributed by atoms with Crippen LogP contribution in [-0.4, -0.2) is 37.5 Å². The summed E-state index contributed by atoms with van der Waals surface area (Å²) in [5.41, 5.74) is 0. The zero-order valence-corrected chi connectivity index (χ0v) is 12.5. The first-order chi connectivity index (χ1) is 8.54. The standard InChI is InChI=1S/C15H30N2O/c1-5-12(2)11-17(4)15(18)10-13(3)14-6-8-16-9-7-14/h12-14,16H,5-11H2,1-4H3. The van der Waals surface area contributed by atoms with Gasteiger partial charge in [-0.25, -0.2) is 0 Å². The van der Waals surface area contributed by atoms with E-state index in [1.54, 1.807) is 0 Å². The van der Waals surface area contributed by atoms with E-state index in [0.29, 0.717) is 17.7 Å². The molecule has 2 atom stereocenters. The molecular weight excluding hydrogens is 224 g/mol. The third-order valence-electron chi connectivity index (χ3n) is 4.39. The van der Waals surface area contributed by atoms with Crippen LogP contribution in [0.5, 0.6) is 0 Å². The average Bonchev–Trinajstić information content (AvgIpc) is 2.39. The Morgan fingerprint density at radius 2 is 1.94 bits per heavy atom. The lowest BCUT2D eigenvalue weighted by Gasteiger charge is -2.29. The summed E-state index contributed by atoms with van der Waals surface area (Å²) in [4.78, 5) is 14.1. The summed E-state index contributed by atoms with van der Waals surface area (Å²) >= 11 is 0. The highest BCUT2D eigenvalue weighted by molar-refractivity contribution is 5.76. The predicted octanol–water partition coefficient (Wildman–Crippen LogP) is 2.52. The van der Waals surface area contributed by atoms with Crippen molar-refractivity contribution in [3.63, 3.8) is 0 Å². The van der Waals surface area contributed by atoms with E-state index in [2.05, 4.69) is 26.1 Å². The maximum atomic E-state index is 12.2. The first-order valence-electron chi connectivity index (χ1n) is 7.49. The van der Waals surface area contributed by atoms with Crippen molar-refractivity contribution in [2.75, 3.05) is 26.7 Å². The second-order valence-corrected chi connectivity index (χ2v) is 6.06. The van der Waals surface area contributed by atoms with Crippen LogP contribution in [-0.2, 0) is 4.79 Å². The van der Waals surface area contributed by atoms with E-state index in [-0.39, 0.29) is 0 Å². The first kappa shape index (κ1) is 15.5. The molecule has 1 fully saturated rings. The van der Waals surface area contributed by atoms with Gasteiger partial charge in [0.15, 0.2) is 0 Å². The quantitative estimate of drug-likeness (QED) is 0.790. The van der Waals surface area contributed by atoms with E-state index in [4.69, 9.17) is 0 Å². The van der Waals surface area contributed by atoms with Gasteiger partial charge >= 0.3 is 0 Å². The molecule has 2 unspecified atom stereocenters. The van der Waals surface area contributed by atoms with Gasteiger partial charge in [-0.2, -0.15) is 0 Å². The van der Waals surface area contributed by atoms with Gasteiger partial charge in [-0.05, 0) is 43.7 Å². The molecule has 0 aromatic rings. The van der Waals surface area contributed by atoms with Crippen molar-refractivity contribution in [1.82, 2.24) is 10.2 Å². The Bertz CT molecular complexity index is 249. The molecule has 1 N–H and O–H groups in total. The topological polar surface area (TPSA) is 32.3 Å². The van der Waals surface area contributed by atoms with Crippen LogP contribution in [0.25, 0.3) is 0 Å². The van der Waals surface area contributed by atoms with Crippen LogP contribution >= 0.6 is 0 Å². The van der Waals surface area contributed by atoms with Crippen LogP contribution in [0.4, 0.5) is 0 Å².